The highest BCUT2D eigenvalue weighted by molar-refractivity contribution is 6.31. The molecule has 4 nitrogen and oxygen atoms in total. The van der Waals surface area contributed by atoms with E-state index in [2.05, 4.69) is 5.32 Å². The zero-order valence-electron chi connectivity index (χ0n) is 12.8. The predicted octanol–water partition coefficient (Wildman–Crippen LogP) is 3.97. The summed E-state index contributed by atoms with van der Waals surface area (Å²) in [5.74, 6) is 0. The van der Waals surface area contributed by atoms with Crippen LogP contribution < -0.4 is 11.1 Å². The first kappa shape index (κ1) is 16.1. The van der Waals surface area contributed by atoms with Crippen molar-refractivity contribution in [1.82, 2.24) is 0 Å². The molecule has 0 aromatic heterocycles. The van der Waals surface area contributed by atoms with Crippen molar-refractivity contribution in [3.63, 3.8) is 0 Å². The molecule has 0 saturated heterocycles. The molecular weight excluding hydrogens is 288 g/mol. The average Bonchev–Trinajstić information content (AvgIpc) is 3.11. The molecule has 1 amide bonds. The third-order valence-corrected chi connectivity index (χ3v) is 3.90. The van der Waals surface area contributed by atoms with Crippen LogP contribution >= 0.6 is 11.6 Å². The molecule has 1 aromatic carbocycles. The van der Waals surface area contributed by atoms with Crippen LogP contribution in [0.4, 0.5) is 10.5 Å². The number of hydrogen-bond donors (Lipinski definition) is 2. The largest absolute Gasteiger partial charge is 0.444 e. The fourth-order valence-electron chi connectivity index (χ4n) is 2.27. The number of amides is 1. The van der Waals surface area contributed by atoms with E-state index in [1.807, 2.05) is 32.9 Å². The Bertz CT molecular complexity index is 534. The van der Waals surface area contributed by atoms with Gasteiger partial charge in [-0.05, 0) is 69.7 Å². The maximum Gasteiger partial charge on any atom is 0.412 e. The van der Waals surface area contributed by atoms with Gasteiger partial charge in [0.15, 0.2) is 0 Å². The van der Waals surface area contributed by atoms with Crippen LogP contribution in [0.5, 0.6) is 0 Å². The lowest BCUT2D eigenvalue weighted by molar-refractivity contribution is 0.0635. The number of halogens is 1. The summed E-state index contributed by atoms with van der Waals surface area (Å²) in [5, 5.41) is 3.38. The molecule has 0 radical (unpaired) electrons. The van der Waals surface area contributed by atoms with Crippen molar-refractivity contribution in [2.45, 2.75) is 45.6 Å². The van der Waals surface area contributed by atoms with Gasteiger partial charge in [-0.3, -0.25) is 5.32 Å². The molecule has 0 spiro atoms. The van der Waals surface area contributed by atoms with E-state index < -0.39 is 11.7 Å². The van der Waals surface area contributed by atoms with E-state index in [-0.39, 0.29) is 5.41 Å². The van der Waals surface area contributed by atoms with E-state index in [1.54, 1.807) is 6.07 Å². The quantitative estimate of drug-likeness (QED) is 0.884. The Kier molecular flexibility index (Phi) is 4.49. The first-order valence-electron chi connectivity index (χ1n) is 7.22. The van der Waals surface area contributed by atoms with Crippen LogP contribution in [0.25, 0.3) is 0 Å². The van der Waals surface area contributed by atoms with E-state index >= 15 is 0 Å². The predicted molar refractivity (Wildman–Crippen MR) is 85.7 cm³/mol. The first-order chi connectivity index (χ1) is 9.73. The smallest absolute Gasteiger partial charge is 0.412 e. The summed E-state index contributed by atoms with van der Waals surface area (Å²) in [6.45, 7) is 6.17. The zero-order valence-corrected chi connectivity index (χ0v) is 13.6. The van der Waals surface area contributed by atoms with Crippen LogP contribution in [0.15, 0.2) is 18.2 Å². The van der Waals surface area contributed by atoms with Gasteiger partial charge in [0.25, 0.3) is 0 Å². The van der Waals surface area contributed by atoms with E-state index in [0.717, 1.165) is 24.8 Å². The number of nitrogens with two attached hydrogens (primary N) is 1. The van der Waals surface area contributed by atoms with Gasteiger partial charge in [-0.2, -0.15) is 0 Å². The summed E-state index contributed by atoms with van der Waals surface area (Å²) in [4.78, 5) is 11.9. The molecule has 2 rings (SSSR count). The summed E-state index contributed by atoms with van der Waals surface area (Å²) in [7, 11) is 0. The lowest BCUT2D eigenvalue weighted by atomic mass is 9.95. The molecule has 1 aliphatic rings. The van der Waals surface area contributed by atoms with Crippen LogP contribution in [-0.2, 0) is 11.2 Å². The minimum Gasteiger partial charge on any atom is -0.444 e. The Morgan fingerprint density at radius 2 is 2.10 bits per heavy atom. The highest BCUT2D eigenvalue weighted by Gasteiger charge is 2.41. The number of ether oxygens (including phenoxy) is 1. The number of benzene rings is 1. The van der Waals surface area contributed by atoms with Gasteiger partial charge >= 0.3 is 6.09 Å². The van der Waals surface area contributed by atoms with Crippen LogP contribution in [0, 0.1) is 5.41 Å². The Morgan fingerprint density at radius 3 is 2.62 bits per heavy atom. The molecule has 0 heterocycles. The lowest BCUT2D eigenvalue weighted by Crippen LogP contribution is -2.28. The van der Waals surface area contributed by atoms with E-state index in [0.29, 0.717) is 17.3 Å². The van der Waals surface area contributed by atoms with Gasteiger partial charge in [0, 0.05) is 10.7 Å². The van der Waals surface area contributed by atoms with Crippen molar-refractivity contribution in [3.05, 3.63) is 28.8 Å². The van der Waals surface area contributed by atoms with Crippen molar-refractivity contribution in [1.29, 1.82) is 0 Å². The molecule has 0 aliphatic heterocycles. The number of nitrogens with one attached hydrogen (secondary N) is 1. The molecule has 116 valence electrons. The molecule has 21 heavy (non-hydrogen) atoms. The number of carbonyl (C=O) groups is 1. The van der Waals surface area contributed by atoms with Gasteiger partial charge in [-0.25, -0.2) is 4.79 Å². The summed E-state index contributed by atoms with van der Waals surface area (Å²) in [5.41, 5.74) is 7.26. The molecule has 1 saturated carbocycles. The highest BCUT2D eigenvalue weighted by atomic mass is 35.5. The third kappa shape index (κ3) is 4.61. The Balaban J connectivity index is 2.14. The van der Waals surface area contributed by atoms with Crippen molar-refractivity contribution in [2.24, 2.45) is 11.1 Å². The number of anilines is 1. The molecule has 3 N–H and O–H groups in total. The van der Waals surface area contributed by atoms with Gasteiger partial charge in [-0.15, -0.1) is 0 Å². The summed E-state index contributed by atoms with van der Waals surface area (Å²) < 4.78 is 5.29. The Morgan fingerprint density at radius 1 is 1.43 bits per heavy atom. The molecular formula is C16H23ClN2O2. The van der Waals surface area contributed by atoms with Crippen LogP contribution in [0.2, 0.25) is 5.02 Å². The molecule has 0 unspecified atom stereocenters. The minimum atomic E-state index is -0.530. The van der Waals surface area contributed by atoms with Gasteiger partial charge in [0.05, 0.1) is 0 Å². The highest BCUT2D eigenvalue weighted by Crippen LogP contribution is 2.48. The topological polar surface area (TPSA) is 64.3 Å². The van der Waals surface area contributed by atoms with Crippen molar-refractivity contribution in [2.75, 3.05) is 11.9 Å². The van der Waals surface area contributed by atoms with E-state index in [4.69, 9.17) is 22.1 Å². The summed E-state index contributed by atoms with van der Waals surface area (Å²) in [6, 6.07) is 5.54. The van der Waals surface area contributed by atoms with Crippen molar-refractivity contribution in [3.8, 4) is 0 Å². The monoisotopic (exact) mass is 310 g/mol. The Labute approximate surface area is 131 Å². The van der Waals surface area contributed by atoms with Gasteiger partial charge in [0.1, 0.15) is 5.60 Å². The molecule has 1 aliphatic carbocycles. The van der Waals surface area contributed by atoms with Gasteiger partial charge < -0.3 is 10.5 Å². The normalized spacial score (nSPS) is 16.4. The molecule has 0 bridgehead atoms. The SMILES string of the molecule is CC(C)(C)OC(=O)Nc1cc(Cl)ccc1CC1(CN)CC1. The second-order valence-corrected chi connectivity index (χ2v) is 7.25. The minimum absolute atomic E-state index is 0.193. The average molecular weight is 311 g/mol. The third-order valence-electron chi connectivity index (χ3n) is 3.66. The number of rotatable bonds is 4. The van der Waals surface area contributed by atoms with Crippen molar-refractivity contribution < 1.29 is 9.53 Å². The number of carbonyl (C=O) groups excluding carboxylic acids is 1. The molecule has 1 aromatic rings. The van der Waals surface area contributed by atoms with Crippen LogP contribution in [-0.4, -0.2) is 18.2 Å². The zero-order chi connectivity index (χ0) is 15.7. The van der Waals surface area contributed by atoms with Crippen LogP contribution in [0.1, 0.15) is 39.2 Å². The van der Waals surface area contributed by atoms with Gasteiger partial charge in [-0.1, -0.05) is 17.7 Å². The van der Waals surface area contributed by atoms with E-state index in [1.165, 1.54) is 0 Å². The van der Waals surface area contributed by atoms with Crippen LogP contribution in [0.3, 0.4) is 0 Å². The lowest BCUT2D eigenvalue weighted by Gasteiger charge is -2.21. The molecule has 1 fully saturated rings. The van der Waals surface area contributed by atoms with Crippen molar-refractivity contribution >= 4 is 23.4 Å². The summed E-state index contributed by atoms with van der Waals surface area (Å²) >= 11 is 6.04. The standard InChI is InChI=1S/C16H23ClN2O2/c1-15(2,3)21-14(20)19-13-8-12(17)5-4-11(13)9-16(10-18)6-7-16/h4-5,8H,6-7,9-10,18H2,1-3H3,(H,19,20). The first-order valence-corrected chi connectivity index (χ1v) is 7.59. The maximum atomic E-state index is 11.9. The maximum absolute atomic E-state index is 11.9. The fourth-order valence-corrected chi connectivity index (χ4v) is 2.44. The van der Waals surface area contributed by atoms with Gasteiger partial charge in [0.2, 0.25) is 0 Å². The molecule has 5 heteroatoms. The fraction of sp³-hybridized carbons (Fsp3) is 0.562. The number of hydrogen-bond acceptors (Lipinski definition) is 3. The second-order valence-electron chi connectivity index (χ2n) is 6.81. The van der Waals surface area contributed by atoms with E-state index in [9.17, 15) is 4.79 Å². The summed E-state index contributed by atoms with van der Waals surface area (Å²) in [6.07, 6.45) is 2.66. The second kappa shape index (κ2) is 5.85. The molecule has 0 atom stereocenters. The Hall–Kier alpha value is -1.26.